The predicted molar refractivity (Wildman–Crippen MR) is 96.4 cm³/mol. The van der Waals surface area contributed by atoms with Crippen LogP contribution in [0.25, 0.3) is 5.57 Å². The van der Waals surface area contributed by atoms with E-state index in [2.05, 4.69) is 56.1 Å². The fourth-order valence-corrected chi connectivity index (χ4v) is 3.66. The first-order chi connectivity index (χ1) is 11.0. The SMILES string of the molecule is CC(C)(C)C1CCC(Oc2ccc(C3=CCCC=C3)nc2)CC1. The minimum atomic E-state index is 0.357. The Labute approximate surface area is 140 Å². The predicted octanol–water partition coefficient (Wildman–Crippen LogP) is 5.80. The normalized spacial score (nSPS) is 25.1. The summed E-state index contributed by atoms with van der Waals surface area (Å²) >= 11 is 0. The molecular weight excluding hydrogens is 282 g/mol. The van der Waals surface area contributed by atoms with E-state index in [1.807, 2.05) is 6.20 Å². The Morgan fingerprint density at radius 1 is 1.04 bits per heavy atom. The van der Waals surface area contributed by atoms with Gasteiger partial charge in [0.2, 0.25) is 0 Å². The van der Waals surface area contributed by atoms with Gasteiger partial charge in [-0.05, 0) is 67.6 Å². The van der Waals surface area contributed by atoms with Gasteiger partial charge in [-0.2, -0.15) is 0 Å². The molecule has 2 aliphatic carbocycles. The van der Waals surface area contributed by atoms with Crippen LogP contribution in [0.15, 0.2) is 36.6 Å². The van der Waals surface area contributed by atoms with E-state index in [1.54, 1.807) is 0 Å². The third-order valence-electron chi connectivity index (χ3n) is 5.23. The Kier molecular flexibility index (Phi) is 4.89. The van der Waals surface area contributed by atoms with Crippen molar-refractivity contribution in [3.63, 3.8) is 0 Å². The van der Waals surface area contributed by atoms with Crippen LogP contribution in [-0.4, -0.2) is 11.1 Å². The third kappa shape index (κ3) is 4.25. The molecule has 1 aromatic heterocycles. The van der Waals surface area contributed by atoms with Crippen LogP contribution < -0.4 is 4.74 Å². The summed E-state index contributed by atoms with van der Waals surface area (Å²) in [6.07, 6.45) is 16.0. The fraction of sp³-hybridized carbons (Fsp3) is 0.571. The van der Waals surface area contributed by atoms with Crippen LogP contribution in [0.5, 0.6) is 5.75 Å². The van der Waals surface area contributed by atoms with E-state index in [-0.39, 0.29) is 0 Å². The van der Waals surface area contributed by atoms with E-state index >= 15 is 0 Å². The fourth-order valence-electron chi connectivity index (χ4n) is 3.66. The molecule has 1 heterocycles. The van der Waals surface area contributed by atoms with Crippen molar-refractivity contribution >= 4 is 5.57 Å². The average molecular weight is 311 g/mol. The lowest BCUT2D eigenvalue weighted by Gasteiger charge is -2.36. The lowest BCUT2D eigenvalue weighted by Crippen LogP contribution is -2.30. The van der Waals surface area contributed by atoms with Gasteiger partial charge >= 0.3 is 0 Å². The van der Waals surface area contributed by atoms with Gasteiger partial charge in [-0.3, -0.25) is 4.98 Å². The molecule has 0 radical (unpaired) electrons. The number of nitrogens with zero attached hydrogens (tertiary/aromatic N) is 1. The highest BCUT2D eigenvalue weighted by Gasteiger charge is 2.30. The molecule has 0 aliphatic heterocycles. The summed E-state index contributed by atoms with van der Waals surface area (Å²) < 4.78 is 6.16. The van der Waals surface area contributed by atoms with Crippen LogP contribution in [0.4, 0.5) is 0 Å². The molecule has 0 aromatic carbocycles. The molecule has 2 aliphatic rings. The summed E-state index contributed by atoms with van der Waals surface area (Å²) in [6.45, 7) is 7.07. The lowest BCUT2D eigenvalue weighted by atomic mass is 9.72. The van der Waals surface area contributed by atoms with Crippen molar-refractivity contribution in [3.05, 3.63) is 42.3 Å². The Morgan fingerprint density at radius 2 is 1.83 bits per heavy atom. The number of allylic oxidation sites excluding steroid dienone is 4. The monoisotopic (exact) mass is 311 g/mol. The van der Waals surface area contributed by atoms with Gasteiger partial charge in [0, 0.05) is 0 Å². The number of rotatable bonds is 3. The second kappa shape index (κ2) is 6.90. The van der Waals surface area contributed by atoms with E-state index in [1.165, 1.54) is 18.4 Å². The molecule has 2 heteroatoms. The summed E-state index contributed by atoms with van der Waals surface area (Å²) in [4.78, 5) is 4.58. The zero-order chi connectivity index (χ0) is 16.3. The molecule has 23 heavy (non-hydrogen) atoms. The van der Waals surface area contributed by atoms with Gasteiger partial charge in [0.15, 0.2) is 0 Å². The largest absolute Gasteiger partial charge is 0.489 e. The van der Waals surface area contributed by atoms with Crippen molar-refractivity contribution in [2.75, 3.05) is 0 Å². The molecule has 2 nitrogen and oxygen atoms in total. The van der Waals surface area contributed by atoms with E-state index in [0.29, 0.717) is 11.5 Å². The second-order valence-electron chi connectivity index (χ2n) is 7.98. The summed E-state index contributed by atoms with van der Waals surface area (Å²) in [5.41, 5.74) is 2.70. The Hall–Kier alpha value is -1.57. The molecule has 0 atom stereocenters. The van der Waals surface area contributed by atoms with Crippen molar-refractivity contribution in [2.24, 2.45) is 11.3 Å². The van der Waals surface area contributed by atoms with Crippen LogP contribution in [0.1, 0.15) is 65.0 Å². The summed E-state index contributed by atoms with van der Waals surface area (Å²) in [5.74, 6) is 1.74. The van der Waals surface area contributed by atoms with Gasteiger partial charge in [0.1, 0.15) is 5.75 Å². The minimum absolute atomic E-state index is 0.357. The van der Waals surface area contributed by atoms with Crippen molar-refractivity contribution in [1.82, 2.24) is 4.98 Å². The molecule has 0 amide bonds. The third-order valence-corrected chi connectivity index (χ3v) is 5.23. The van der Waals surface area contributed by atoms with Crippen LogP contribution in [-0.2, 0) is 0 Å². The molecule has 124 valence electrons. The minimum Gasteiger partial charge on any atom is -0.489 e. The van der Waals surface area contributed by atoms with Crippen LogP contribution in [0, 0.1) is 11.3 Å². The number of ether oxygens (including phenoxy) is 1. The van der Waals surface area contributed by atoms with Gasteiger partial charge in [-0.25, -0.2) is 0 Å². The molecule has 1 aromatic rings. The number of pyridine rings is 1. The standard InChI is InChI=1S/C21H29NO/c1-21(2,3)17-9-11-18(12-10-17)23-19-13-14-20(22-15-19)16-7-5-4-6-8-16/h5,7-8,13-15,17-18H,4,6,9-12H2,1-3H3. The number of hydrogen-bond acceptors (Lipinski definition) is 2. The molecule has 0 bridgehead atoms. The molecule has 3 rings (SSSR count). The topological polar surface area (TPSA) is 22.1 Å². The van der Waals surface area contributed by atoms with Crippen molar-refractivity contribution in [2.45, 2.75) is 65.4 Å². The number of hydrogen-bond donors (Lipinski definition) is 0. The Bertz CT molecular complexity index is 569. The first kappa shape index (κ1) is 16.3. The van der Waals surface area contributed by atoms with E-state index in [4.69, 9.17) is 4.74 Å². The van der Waals surface area contributed by atoms with Gasteiger partial charge in [-0.1, -0.05) is 39.0 Å². The molecule has 1 saturated carbocycles. The van der Waals surface area contributed by atoms with E-state index in [9.17, 15) is 0 Å². The highest BCUT2D eigenvalue weighted by atomic mass is 16.5. The van der Waals surface area contributed by atoms with Crippen LogP contribution in [0.3, 0.4) is 0 Å². The zero-order valence-corrected chi connectivity index (χ0v) is 14.7. The quantitative estimate of drug-likeness (QED) is 0.704. The van der Waals surface area contributed by atoms with Gasteiger partial charge < -0.3 is 4.74 Å². The second-order valence-corrected chi connectivity index (χ2v) is 7.98. The van der Waals surface area contributed by atoms with Gasteiger partial charge in [0.05, 0.1) is 18.0 Å². The molecule has 0 unspecified atom stereocenters. The Morgan fingerprint density at radius 3 is 2.39 bits per heavy atom. The Balaban J connectivity index is 1.55. The summed E-state index contributed by atoms with van der Waals surface area (Å²) in [6, 6.07) is 4.15. The molecule has 0 spiro atoms. The van der Waals surface area contributed by atoms with Crippen molar-refractivity contribution in [1.29, 1.82) is 0 Å². The lowest BCUT2D eigenvalue weighted by molar-refractivity contribution is 0.0879. The van der Waals surface area contributed by atoms with Crippen LogP contribution in [0.2, 0.25) is 0 Å². The van der Waals surface area contributed by atoms with Crippen molar-refractivity contribution < 1.29 is 4.74 Å². The first-order valence-corrected chi connectivity index (χ1v) is 9.02. The highest BCUT2D eigenvalue weighted by molar-refractivity contribution is 5.72. The summed E-state index contributed by atoms with van der Waals surface area (Å²) in [5, 5.41) is 0. The molecular formula is C21H29NO. The van der Waals surface area contributed by atoms with Crippen molar-refractivity contribution in [3.8, 4) is 5.75 Å². The molecule has 0 N–H and O–H groups in total. The smallest absolute Gasteiger partial charge is 0.138 e. The zero-order valence-electron chi connectivity index (χ0n) is 14.7. The maximum absolute atomic E-state index is 6.16. The number of aromatic nitrogens is 1. The van der Waals surface area contributed by atoms with Crippen LogP contribution >= 0.6 is 0 Å². The van der Waals surface area contributed by atoms with E-state index < -0.39 is 0 Å². The highest BCUT2D eigenvalue weighted by Crippen LogP contribution is 2.38. The van der Waals surface area contributed by atoms with Gasteiger partial charge in [-0.15, -0.1) is 0 Å². The maximum atomic E-state index is 6.16. The first-order valence-electron chi connectivity index (χ1n) is 9.02. The maximum Gasteiger partial charge on any atom is 0.138 e. The van der Waals surface area contributed by atoms with Gasteiger partial charge in [0.25, 0.3) is 0 Å². The molecule has 0 saturated heterocycles. The van der Waals surface area contributed by atoms with E-state index in [0.717, 1.165) is 43.0 Å². The summed E-state index contributed by atoms with van der Waals surface area (Å²) in [7, 11) is 0. The average Bonchev–Trinajstić information content (AvgIpc) is 2.56. The molecule has 1 fully saturated rings.